The van der Waals surface area contributed by atoms with E-state index in [1.807, 2.05) is 6.92 Å². The molecule has 0 fully saturated rings. The lowest BCUT2D eigenvalue weighted by atomic mass is 9.91. The highest BCUT2D eigenvalue weighted by atomic mass is 19.1. The Kier molecular flexibility index (Phi) is 3.92. The van der Waals surface area contributed by atoms with Crippen molar-refractivity contribution in [3.8, 4) is 0 Å². The SMILES string of the molecule is CCC(Cc1ccc(F)cc1)c1cccoc1=O. The van der Waals surface area contributed by atoms with Crippen LogP contribution in [-0.4, -0.2) is 0 Å². The third-order valence-electron chi connectivity index (χ3n) is 3.09. The van der Waals surface area contributed by atoms with E-state index in [2.05, 4.69) is 0 Å². The van der Waals surface area contributed by atoms with Crippen LogP contribution in [0.5, 0.6) is 0 Å². The second-order valence-corrected chi connectivity index (χ2v) is 4.29. The van der Waals surface area contributed by atoms with Gasteiger partial charge in [0.2, 0.25) is 0 Å². The Morgan fingerprint density at radius 2 is 1.94 bits per heavy atom. The second-order valence-electron chi connectivity index (χ2n) is 4.29. The molecule has 1 atom stereocenters. The minimum atomic E-state index is -0.286. The number of rotatable bonds is 4. The molecule has 0 saturated carbocycles. The van der Waals surface area contributed by atoms with Crippen LogP contribution in [0.3, 0.4) is 0 Å². The fraction of sp³-hybridized carbons (Fsp3) is 0.267. The van der Waals surface area contributed by atoms with Gasteiger partial charge in [0.1, 0.15) is 5.82 Å². The van der Waals surface area contributed by atoms with Gasteiger partial charge >= 0.3 is 5.63 Å². The Balaban J connectivity index is 2.22. The van der Waals surface area contributed by atoms with Crippen molar-refractivity contribution < 1.29 is 8.81 Å². The summed E-state index contributed by atoms with van der Waals surface area (Å²) in [6.07, 6.45) is 2.94. The summed E-state index contributed by atoms with van der Waals surface area (Å²) in [7, 11) is 0. The summed E-state index contributed by atoms with van der Waals surface area (Å²) in [5.74, 6) is -0.140. The molecule has 3 heteroatoms. The van der Waals surface area contributed by atoms with E-state index in [0.29, 0.717) is 12.0 Å². The van der Waals surface area contributed by atoms with E-state index in [-0.39, 0.29) is 17.4 Å². The molecule has 2 aromatic rings. The third-order valence-corrected chi connectivity index (χ3v) is 3.09. The fourth-order valence-corrected chi connectivity index (χ4v) is 2.06. The van der Waals surface area contributed by atoms with E-state index in [0.717, 1.165) is 12.0 Å². The van der Waals surface area contributed by atoms with Gasteiger partial charge in [0, 0.05) is 5.56 Å². The Morgan fingerprint density at radius 3 is 2.56 bits per heavy atom. The van der Waals surface area contributed by atoms with Gasteiger partial charge in [0.05, 0.1) is 6.26 Å². The Labute approximate surface area is 105 Å². The van der Waals surface area contributed by atoms with Gasteiger partial charge < -0.3 is 4.42 Å². The zero-order valence-corrected chi connectivity index (χ0v) is 10.2. The van der Waals surface area contributed by atoms with Gasteiger partial charge in [-0.15, -0.1) is 0 Å². The van der Waals surface area contributed by atoms with Crippen LogP contribution in [0.2, 0.25) is 0 Å². The highest BCUT2D eigenvalue weighted by molar-refractivity contribution is 5.21. The van der Waals surface area contributed by atoms with Gasteiger partial charge in [-0.25, -0.2) is 9.18 Å². The van der Waals surface area contributed by atoms with Crippen molar-refractivity contribution >= 4 is 0 Å². The first-order valence-corrected chi connectivity index (χ1v) is 6.03. The van der Waals surface area contributed by atoms with E-state index in [1.165, 1.54) is 18.4 Å². The lowest BCUT2D eigenvalue weighted by molar-refractivity contribution is 0.486. The van der Waals surface area contributed by atoms with Crippen LogP contribution < -0.4 is 5.63 Å². The summed E-state index contributed by atoms with van der Waals surface area (Å²) in [4.78, 5) is 11.6. The van der Waals surface area contributed by atoms with Crippen LogP contribution in [0, 0.1) is 5.82 Å². The number of hydrogen-bond donors (Lipinski definition) is 0. The van der Waals surface area contributed by atoms with Crippen LogP contribution in [0.4, 0.5) is 4.39 Å². The summed E-state index contributed by atoms with van der Waals surface area (Å²) in [6, 6.07) is 9.91. The van der Waals surface area contributed by atoms with Gasteiger partial charge in [-0.1, -0.05) is 19.1 Å². The summed E-state index contributed by atoms with van der Waals surface area (Å²) in [6.45, 7) is 2.03. The molecule has 0 radical (unpaired) electrons. The molecule has 2 rings (SSSR count). The average Bonchev–Trinajstić information content (AvgIpc) is 2.39. The number of hydrogen-bond acceptors (Lipinski definition) is 2. The number of halogens is 1. The molecule has 0 saturated heterocycles. The summed E-state index contributed by atoms with van der Waals surface area (Å²) < 4.78 is 17.7. The molecule has 0 aliphatic carbocycles. The fourth-order valence-electron chi connectivity index (χ4n) is 2.06. The van der Waals surface area contributed by atoms with E-state index < -0.39 is 0 Å². The van der Waals surface area contributed by atoms with Crippen molar-refractivity contribution in [2.24, 2.45) is 0 Å². The van der Waals surface area contributed by atoms with Crippen LogP contribution in [0.15, 0.2) is 51.9 Å². The zero-order chi connectivity index (χ0) is 13.0. The monoisotopic (exact) mass is 246 g/mol. The Bertz CT molecular complexity index is 557. The number of benzene rings is 1. The highest BCUT2D eigenvalue weighted by Crippen LogP contribution is 2.21. The summed E-state index contributed by atoms with van der Waals surface area (Å²) in [5.41, 5.74) is 1.42. The van der Waals surface area contributed by atoms with Crippen LogP contribution in [-0.2, 0) is 6.42 Å². The Hall–Kier alpha value is -1.90. The Morgan fingerprint density at radius 1 is 1.22 bits per heavy atom. The van der Waals surface area contributed by atoms with Gasteiger partial charge in [0.15, 0.2) is 0 Å². The molecular weight excluding hydrogens is 231 g/mol. The molecule has 0 aliphatic heterocycles. The standard InChI is InChI=1S/C15H15FO2/c1-2-12(14-4-3-9-18-15(14)17)10-11-5-7-13(16)8-6-11/h3-9,12H,2,10H2,1H3. The van der Waals surface area contributed by atoms with E-state index in [1.54, 1.807) is 24.3 Å². The predicted molar refractivity (Wildman–Crippen MR) is 68.1 cm³/mol. The quantitative estimate of drug-likeness (QED) is 0.826. The van der Waals surface area contributed by atoms with Crippen molar-refractivity contribution in [1.82, 2.24) is 0 Å². The van der Waals surface area contributed by atoms with Gasteiger partial charge in [-0.05, 0) is 48.6 Å². The first kappa shape index (κ1) is 12.6. The van der Waals surface area contributed by atoms with Crippen LogP contribution >= 0.6 is 0 Å². The molecule has 1 unspecified atom stereocenters. The highest BCUT2D eigenvalue weighted by Gasteiger charge is 2.14. The minimum absolute atomic E-state index is 0.105. The predicted octanol–water partition coefficient (Wildman–Crippen LogP) is 3.52. The third kappa shape index (κ3) is 2.86. The van der Waals surface area contributed by atoms with Crippen molar-refractivity contribution in [1.29, 1.82) is 0 Å². The van der Waals surface area contributed by atoms with Gasteiger partial charge in [0.25, 0.3) is 0 Å². The lowest BCUT2D eigenvalue weighted by Crippen LogP contribution is -2.13. The first-order valence-electron chi connectivity index (χ1n) is 6.03. The molecular formula is C15H15FO2. The summed E-state index contributed by atoms with van der Waals surface area (Å²) in [5, 5.41) is 0. The molecule has 0 aliphatic rings. The van der Waals surface area contributed by atoms with Crippen molar-refractivity contribution in [2.75, 3.05) is 0 Å². The maximum absolute atomic E-state index is 12.8. The molecule has 1 heterocycles. The topological polar surface area (TPSA) is 30.2 Å². The van der Waals surface area contributed by atoms with Crippen LogP contribution in [0.25, 0.3) is 0 Å². The molecule has 0 bridgehead atoms. The largest absolute Gasteiger partial charge is 0.431 e. The maximum Gasteiger partial charge on any atom is 0.339 e. The zero-order valence-electron chi connectivity index (χ0n) is 10.2. The smallest absolute Gasteiger partial charge is 0.339 e. The molecule has 0 spiro atoms. The van der Waals surface area contributed by atoms with E-state index in [4.69, 9.17) is 4.42 Å². The molecule has 1 aromatic carbocycles. The minimum Gasteiger partial charge on any atom is -0.431 e. The molecule has 1 aromatic heterocycles. The normalized spacial score (nSPS) is 12.3. The second kappa shape index (κ2) is 5.63. The molecule has 0 amide bonds. The molecule has 94 valence electrons. The first-order chi connectivity index (χ1) is 8.70. The molecule has 18 heavy (non-hydrogen) atoms. The van der Waals surface area contributed by atoms with Crippen molar-refractivity contribution in [2.45, 2.75) is 25.7 Å². The van der Waals surface area contributed by atoms with E-state index in [9.17, 15) is 9.18 Å². The van der Waals surface area contributed by atoms with Gasteiger partial charge in [-0.2, -0.15) is 0 Å². The molecule has 2 nitrogen and oxygen atoms in total. The van der Waals surface area contributed by atoms with E-state index >= 15 is 0 Å². The van der Waals surface area contributed by atoms with Crippen molar-refractivity contribution in [3.63, 3.8) is 0 Å². The molecule has 0 N–H and O–H groups in total. The van der Waals surface area contributed by atoms with Gasteiger partial charge in [-0.3, -0.25) is 0 Å². The summed E-state index contributed by atoms with van der Waals surface area (Å²) >= 11 is 0. The maximum atomic E-state index is 12.8. The average molecular weight is 246 g/mol. The van der Waals surface area contributed by atoms with Crippen molar-refractivity contribution in [3.05, 3.63) is 70.0 Å². The lowest BCUT2D eigenvalue weighted by Gasteiger charge is -2.13. The van der Waals surface area contributed by atoms with Crippen LogP contribution in [0.1, 0.15) is 30.4 Å².